The van der Waals surface area contributed by atoms with Crippen molar-refractivity contribution in [3.05, 3.63) is 83.4 Å². The summed E-state index contributed by atoms with van der Waals surface area (Å²) in [5, 5.41) is 6.24. The predicted octanol–water partition coefficient (Wildman–Crippen LogP) is 5.38. The SMILES string of the molecule is COc1ccc2ccccc2c1C1Nc2ccc(C(=O)N(C)C)cc2C2C=CCC21. The zero-order chi connectivity index (χ0) is 20.8. The molecule has 0 spiro atoms. The second-order valence-corrected chi connectivity index (χ2v) is 8.38. The fourth-order valence-electron chi connectivity index (χ4n) is 5.05. The number of anilines is 1. The first-order chi connectivity index (χ1) is 14.6. The molecule has 0 fully saturated rings. The Bertz CT molecular complexity index is 1160. The number of allylic oxidation sites excluding steroid dienone is 2. The number of benzene rings is 3. The molecule has 3 aromatic rings. The van der Waals surface area contributed by atoms with Gasteiger partial charge in [-0.1, -0.05) is 42.5 Å². The highest BCUT2D eigenvalue weighted by Gasteiger charge is 2.40. The minimum Gasteiger partial charge on any atom is -0.496 e. The van der Waals surface area contributed by atoms with Crippen LogP contribution in [0.1, 0.15) is 39.9 Å². The van der Waals surface area contributed by atoms with Crippen LogP contribution in [0.15, 0.2) is 66.7 Å². The van der Waals surface area contributed by atoms with E-state index in [1.54, 1.807) is 26.1 Å². The molecule has 4 nitrogen and oxygen atoms in total. The Morgan fingerprint density at radius 2 is 1.93 bits per heavy atom. The van der Waals surface area contributed by atoms with E-state index in [0.29, 0.717) is 5.92 Å². The summed E-state index contributed by atoms with van der Waals surface area (Å²) in [5.41, 5.74) is 4.25. The van der Waals surface area contributed by atoms with Crippen LogP contribution < -0.4 is 10.1 Å². The molecule has 1 amide bonds. The summed E-state index contributed by atoms with van der Waals surface area (Å²) >= 11 is 0. The molecule has 3 aromatic carbocycles. The first kappa shape index (κ1) is 18.7. The maximum absolute atomic E-state index is 12.5. The van der Waals surface area contributed by atoms with E-state index in [9.17, 15) is 4.79 Å². The third-order valence-electron chi connectivity index (χ3n) is 6.48. The first-order valence-corrected chi connectivity index (χ1v) is 10.4. The number of hydrogen-bond donors (Lipinski definition) is 1. The van der Waals surface area contributed by atoms with Crippen LogP contribution in [0.25, 0.3) is 10.8 Å². The topological polar surface area (TPSA) is 41.6 Å². The van der Waals surface area contributed by atoms with Crippen LogP contribution in [-0.4, -0.2) is 32.0 Å². The van der Waals surface area contributed by atoms with Crippen LogP contribution in [0.3, 0.4) is 0 Å². The molecule has 0 aromatic heterocycles. The Balaban J connectivity index is 1.65. The lowest BCUT2D eigenvalue weighted by Crippen LogP contribution is -2.30. The van der Waals surface area contributed by atoms with Crippen LogP contribution in [-0.2, 0) is 0 Å². The number of nitrogens with one attached hydrogen (secondary N) is 1. The molecule has 3 atom stereocenters. The fraction of sp³-hybridized carbons (Fsp3) is 0.269. The number of carbonyl (C=O) groups excluding carboxylic acids is 1. The van der Waals surface area contributed by atoms with E-state index in [1.807, 2.05) is 6.07 Å². The minimum atomic E-state index is 0.0363. The molecule has 2 aliphatic rings. The second kappa shape index (κ2) is 7.21. The Labute approximate surface area is 177 Å². The monoisotopic (exact) mass is 398 g/mol. The van der Waals surface area contributed by atoms with Gasteiger partial charge in [0.15, 0.2) is 0 Å². The highest BCUT2D eigenvalue weighted by atomic mass is 16.5. The molecule has 152 valence electrons. The molecule has 30 heavy (non-hydrogen) atoms. The minimum absolute atomic E-state index is 0.0363. The second-order valence-electron chi connectivity index (χ2n) is 8.38. The molecule has 0 bridgehead atoms. The van der Waals surface area contributed by atoms with E-state index in [0.717, 1.165) is 23.4 Å². The summed E-state index contributed by atoms with van der Waals surface area (Å²) < 4.78 is 5.81. The van der Waals surface area contributed by atoms with Gasteiger partial charge in [-0.05, 0) is 52.9 Å². The number of methoxy groups -OCH3 is 1. The smallest absolute Gasteiger partial charge is 0.253 e. The normalized spacial score (nSPS) is 21.6. The summed E-state index contributed by atoms with van der Waals surface area (Å²) in [5.74, 6) is 1.61. The van der Waals surface area contributed by atoms with Crippen molar-refractivity contribution >= 4 is 22.4 Å². The van der Waals surface area contributed by atoms with Gasteiger partial charge in [0.05, 0.1) is 13.2 Å². The first-order valence-electron chi connectivity index (χ1n) is 10.4. The molecular weight excluding hydrogens is 372 g/mol. The summed E-state index contributed by atoms with van der Waals surface area (Å²) in [6.07, 6.45) is 5.58. The van der Waals surface area contributed by atoms with Crippen molar-refractivity contribution in [1.82, 2.24) is 4.90 Å². The lowest BCUT2D eigenvalue weighted by molar-refractivity contribution is 0.0827. The van der Waals surface area contributed by atoms with Gasteiger partial charge >= 0.3 is 0 Å². The van der Waals surface area contributed by atoms with Gasteiger partial charge in [0.25, 0.3) is 5.91 Å². The number of carbonyl (C=O) groups is 1. The number of amides is 1. The summed E-state index contributed by atoms with van der Waals surface area (Å²) in [7, 11) is 5.33. The number of rotatable bonds is 3. The average molecular weight is 399 g/mol. The van der Waals surface area contributed by atoms with Crippen molar-refractivity contribution in [2.24, 2.45) is 5.92 Å². The van der Waals surface area contributed by atoms with E-state index in [1.165, 1.54) is 21.9 Å². The Morgan fingerprint density at radius 1 is 1.10 bits per heavy atom. The van der Waals surface area contributed by atoms with E-state index in [-0.39, 0.29) is 17.9 Å². The molecule has 1 aliphatic carbocycles. The molecule has 5 rings (SSSR count). The quantitative estimate of drug-likeness (QED) is 0.603. The Hall–Kier alpha value is -3.27. The molecule has 0 radical (unpaired) electrons. The van der Waals surface area contributed by atoms with Gasteiger partial charge < -0.3 is 15.0 Å². The van der Waals surface area contributed by atoms with Gasteiger partial charge in [-0.25, -0.2) is 0 Å². The molecule has 0 saturated heterocycles. The van der Waals surface area contributed by atoms with Crippen LogP contribution in [0, 0.1) is 5.92 Å². The molecule has 1 N–H and O–H groups in total. The van der Waals surface area contributed by atoms with Crippen molar-refractivity contribution in [3.8, 4) is 5.75 Å². The number of fused-ring (bicyclic) bond motifs is 4. The molecule has 4 heteroatoms. The van der Waals surface area contributed by atoms with Crippen molar-refractivity contribution < 1.29 is 9.53 Å². The average Bonchev–Trinajstić information content (AvgIpc) is 3.27. The van der Waals surface area contributed by atoms with Gasteiger partial charge in [0, 0.05) is 36.8 Å². The van der Waals surface area contributed by atoms with Gasteiger partial charge in [0.2, 0.25) is 0 Å². The maximum atomic E-state index is 12.5. The largest absolute Gasteiger partial charge is 0.496 e. The van der Waals surface area contributed by atoms with E-state index in [4.69, 9.17) is 4.74 Å². The third kappa shape index (κ3) is 2.86. The lowest BCUT2D eigenvalue weighted by atomic mass is 9.75. The van der Waals surface area contributed by atoms with Crippen molar-refractivity contribution in [1.29, 1.82) is 0 Å². The van der Waals surface area contributed by atoms with Gasteiger partial charge in [-0.2, -0.15) is 0 Å². The van der Waals surface area contributed by atoms with Crippen molar-refractivity contribution in [2.45, 2.75) is 18.4 Å². The zero-order valence-corrected chi connectivity index (χ0v) is 17.6. The highest BCUT2D eigenvalue weighted by Crippen LogP contribution is 2.52. The molecule has 1 aliphatic heterocycles. The fourth-order valence-corrected chi connectivity index (χ4v) is 5.05. The van der Waals surface area contributed by atoms with Crippen LogP contribution in [0.2, 0.25) is 0 Å². The third-order valence-corrected chi connectivity index (χ3v) is 6.48. The van der Waals surface area contributed by atoms with Gasteiger partial charge in [0.1, 0.15) is 5.75 Å². The predicted molar refractivity (Wildman–Crippen MR) is 121 cm³/mol. The summed E-state index contributed by atoms with van der Waals surface area (Å²) in [6, 6.07) is 18.9. The number of hydrogen-bond acceptors (Lipinski definition) is 3. The van der Waals surface area contributed by atoms with Gasteiger partial charge in [-0.3, -0.25) is 4.79 Å². The van der Waals surface area contributed by atoms with Crippen LogP contribution in [0.5, 0.6) is 5.75 Å². The lowest BCUT2D eigenvalue weighted by Gasteiger charge is -2.38. The Kier molecular flexibility index (Phi) is 4.50. The zero-order valence-electron chi connectivity index (χ0n) is 17.6. The maximum Gasteiger partial charge on any atom is 0.253 e. The van der Waals surface area contributed by atoms with Crippen LogP contribution in [0.4, 0.5) is 5.69 Å². The molecule has 0 saturated carbocycles. The number of ether oxygens (including phenoxy) is 1. The molecular formula is C26H26N2O2. The van der Waals surface area contributed by atoms with Gasteiger partial charge in [-0.15, -0.1) is 0 Å². The summed E-state index contributed by atoms with van der Waals surface area (Å²) in [4.78, 5) is 14.1. The van der Waals surface area contributed by atoms with E-state index < -0.39 is 0 Å². The molecule has 1 heterocycles. The highest BCUT2D eigenvalue weighted by molar-refractivity contribution is 5.95. The number of nitrogens with zero attached hydrogens (tertiary/aromatic N) is 1. The van der Waals surface area contributed by atoms with Crippen molar-refractivity contribution in [3.63, 3.8) is 0 Å². The van der Waals surface area contributed by atoms with E-state index in [2.05, 4.69) is 66.0 Å². The standard InChI is InChI=1S/C26H26N2O2/c1-28(2)26(29)17-11-13-22-21(15-17)19-9-6-10-20(19)25(27-22)24-18-8-5-4-7-16(18)12-14-23(24)30-3/h4-9,11-15,19-20,25,27H,10H2,1-3H3. The summed E-state index contributed by atoms with van der Waals surface area (Å²) in [6.45, 7) is 0. The Morgan fingerprint density at radius 3 is 2.73 bits per heavy atom. The van der Waals surface area contributed by atoms with Crippen LogP contribution >= 0.6 is 0 Å². The molecule has 3 unspecified atom stereocenters. The van der Waals surface area contributed by atoms with E-state index >= 15 is 0 Å². The van der Waals surface area contributed by atoms with Crippen molar-refractivity contribution in [2.75, 3.05) is 26.5 Å².